The molecule has 0 aromatic heterocycles. The molecule has 234 valence electrons. The van der Waals surface area contributed by atoms with Gasteiger partial charge >= 0.3 is 0 Å². The standard InChI is InChI=1S/C44H58/c1-13-6-14(2)18-7-17(13)19-8-20(18)22-9-21(19)23-10-24(22)26-11-25(23)27-12-28(26)33-35-32(27)38-40(35)39(33)43-37-31-16-5-3-4-15-29(16)34(31)30(15)36-41(37)44(43)42(36)38/h13-44H,3-12H2,1-2H3. The van der Waals surface area contributed by atoms with Crippen LogP contribution in [0.15, 0.2) is 0 Å². The van der Waals surface area contributed by atoms with E-state index < -0.39 is 0 Å². The molecule has 0 N–H and O–H groups in total. The second-order valence-corrected chi connectivity index (χ2v) is 23.1. The third kappa shape index (κ3) is 1.96. The minimum atomic E-state index is 1.03. The maximum absolute atomic E-state index is 2.71. The van der Waals surface area contributed by atoms with Gasteiger partial charge in [0.15, 0.2) is 0 Å². The SMILES string of the molecule is CC1CC(C)C2CC1C1CC2C2CC1C1CC2C2CC1C1CC2C2C3C1C1C3C2C2C3C4C5CCCC6C5C4C6C4C1C2C43. The predicted octanol–water partition coefficient (Wildman–Crippen LogP) is 8.86. The Morgan fingerprint density at radius 3 is 0.955 bits per heavy atom. The zero-order valence-corrected chi connectivity index (χ0v) is 27.5. The van der Waals surface area contributed by atoms with Gasteiger partial charge in [-0.05, 0) is 247 Å². The topological polar surface area (TPSA) is 0 Å². The van der Waals surface area contributed by atoms with Crippen LogP contribution < -0.4 is 0 Å². The van der Waals surface area contributed by atoms with Gasteiger partial charge in [-0.1, -0.05) is 20.3 Å². The van der Waals surface area contributed by atoms with Crippen molar-refractivity contribution in [1.29, 1.82) is 0 Å². The summed E-state index contributed by atoms with van der Waals surface area (Å²) in [6, 6.07) is 0. The summed E-state index contributed by atoms with van der Waals surface area (Å²) in [6.45, 7) is 5.42. The third-order valence-corrected chi connectivity index (χ3v) is 24.3. The molecule has 12 bridgehead atoms. The molecule has 0 heteroatoms. The fraction of sp³-hybridized carbons (Fsp3) is 1.00. The monoisotopic (exact) mass is 586 g/mol. The minimum absolute atomic E-state index is 1.03. The van der Waals surface area contributed by atoms with Crippen molar-refractivity contribution in [2.24, 2.45) is 189 Å². The molecule has 16 saturated carbocycles. The fourth-order valence-corrected chi connectivity index (χ4v) is 24.7. The molecule has 26 unspecified atom stereocenters. The Morgan fingerprint density at radius 1 is 0.227 bits per heavy atom. The second-order valence-electron chi connectivity index (χ2n) is 23.1. The highest BCUT2D eigenvalue weighted by atomic mass is 15.0. The van der Waals surface area contributed by atoms with Crippen molar-refractivity contribution in [3.8, 4) is 0 Å². The summed E-state index contributed by atoms with van der Waals surface area (Å²) in [5.74, 6) is 39.2. The smallest absolute Gasteiger partial charge is 0.0312 e. The largest absolute Gasteiger partial charge is 0.0622 e. The van der Waals surface area contributed by atoms with Crippen molar-refractivity contribution < 1.29 is 0 Å². The Balaban J connectivity index is 0.818. The van der Waals surface area contributed by atoms with E-state index >= 15 is 0 Å². The first-order valence-electron chi connectivity index (χ1n) is 21.7. The van der Waals surface area contributed by atoms with Crippen LogP contribution in [0.25, 0.3) is 0 Å². The maximum atomic E-state index is 2.71. The summed E-state index contributed by atoms with van der Waals surface area (Å²) >= 11 is 0. The van der Waals surface area contributed by atoms with E-state index in [1.165, 1.54) is 154 Å². The lowest BCUT2D eigenvalue weighted by atomic mass is 9.09. The van der Waals surface area contributed by atoms with Crippen molar-refractivity contribution in [3.05, 3.63) is 0 Å². The second kappa shape index (κ2) is 6.75. The molecule has 26 atom stereocenters. The van der Waals surface area contributed by atoms with Gasteiger partial charge in [0.2, 0.25) is 0 Å². The average Bonchev–Trinajstić information content (AvgIpc) is 2.98. The molecule has 16 rings (SSSR count). The summed E-state index contributed by atoms with van der Waals surface area (Å²) in [5, 5.41) is 0. The average molecular weight is 587 g/mol. The van der Waals surface area contributed by atoms with Gasteiger partial charge in [0.05, 0.1) is 0 Å². The Kier molecular flexibility index (Phi) is 3.59. The number of fused-ring (bicyclic) bond motifs is 34. The highest BCUT2D eigenvalue weighted by Gasteiger charge is 2.91. The molecule has 16 aliphatic rings. The zero-order valence-electron chi connectivity index (χ0n) is 27.5. The molecular weight excluding hydrogens is 528 g/mol. The lowest BCUT2D eigenvalue weighted by molar-refractivity contribution is -0.482. The molecule has 0 heterocycles. The van der Waals surface area contributed by atoms with Gasteiger partial charge in [-0.3, -0.25) is 0 Å². The van der Waals surface area contributed by atoms with Crippen molar-refractivity contribution in [3.63, 3.8) is 0 Å². The lowest BCUT2D eigenvalue weighted by Gasteiger charge is -2.95. The lowest BCUT2D eigenvalue weighted by Crippen LogP contribution is -2.91. The Hall–Kier alpha value is 0. The van der Waals surface area contributed by atoms with E-state index in [-0.39, 0.29) is 0 Å². The van der Waals surface area contributed by atoms with Crippen LogP contribution in [-0.4, -0.2) is 0 Å². The molecule has 0 nitrogen and oxygen atoms in total. The summed E-state index contributed by atoms with van der Waals surface area (Å²) in [5.41, 5.74) is 0. The molecule has 0 spiro atoms. The first kappa shape index (κ1) is 23.4. The van der Waals surface area contributed by atoms with E-state index in [0.29, 0.717) is 0 Å². The van der Waals surface area contributed by atoms with Crippen LogP contribution in [0.4, 0.5) is 0 Å². The normalized spacial score (nSPS) is 84.1. The molecule has 0 aliphatic heterocycles. The molecule has 16 fully saturated rings. The highest BCUT2D eigenvalue weighted by Crippen LogP contribution is 2.95. The van der Waals surface area contributed by atoms with E-state index in [9.17, 15) is 0 Å². The van der Waals surface area contributed by atoms with Gasteiger partial charge in [-0.2, -0.15) is 0 Å². The van der Waals surface area contributed by atoms with E-state index in [1.807, 2.05) is 0 Å². The Morgan fingerprint density at radius 2 is 0.500 bits per heavy atom. The first-order chi connectivity index (χ1) is 21.7. The van der Waals surface area contributed by atoms with Gasteiger partial charge < -0.3 is 0 Å². The van der Waals surface area contributed by atoms with Crippen LogP contribution in [0.2, 0.25) is 0 Å². The number of hydrogen-bond donors (Lipinski definition) is 0. The molecule has 0 radical (unpaired) electrons. The summed E-state index contributed by atoms with van der Waals surface area (Å²) < 4.78 is 0. The third-order valence-electron chi connectivity index (χ3n) is 24.3. The molecule has 0 aromatic carbocycles. The minimum Gasteiger partial charge on any atom is -0.0622 e. The fourth-order valence-electron chi connectivity index (χ4n) is 24.7. The molecule has 0 amide bonds. The zero-order chi connectivity index (χ0) is 27.5. The predicted molar refractivity (Wildman–Crippen MR) is 169 cm³/mol. The van der Waals surface area contributed by atoms with Gasteiger partial charge in [0.1, 0.15) is 0 Å². The van der Waals surface area contributed by atoms with Crippen LogP contribution in [0.5, 0.6) is 0 Å². The molecular formula is C44H58. The summed E-state index contributed by atoms with van der Waals surface area (Å²) in [7, 11) is 0. The molecule has 16 aliphatic carbocycles. The van der Waals surface area contributed by atoms with Crippen LogP contribution in [0.1, 0.15) is 78.1 Å². The number of hydrogen-bond acceptors (Lipinski definition) is 0. The Labute approximate surface area is 266 Å². The summed E-state index contributed by atoms with van der Waals surface area (Å²) in [6.07, 6.45) is 17.0. The first-order valence-corrected chi connectivity index (χ1v) is 21.7. The van der Waals surface area contributed by atoms with Gasteiger partial charge in [0.25, 0.3) is 0 Å². The van der Waals surface area contributed by atoms with E-state index in [1.54, 1.807) is 64.2 Å². The molecule has 44 heavy (non-hydrogen) atoms. The van der Waals surface area contributed by atoms with Crippen molar-refractivity contribution in [1.82, 2.24) is 0 Å². The summed E-state index contributed by atoms with van der Waals surface area (Å²) in [4.78, 5) is 0. The Bertz CT molecular complexity index is 1330. The van der Waals surface area contributed by atoms with E-state index in [0.717, 1.165) is 35.5 Å². The van der Waals surface area contributed by atoms with Crippen LogP contribution in [-0.2, 0) is 0 Å². The van der Waals surface area contributed by atoms with Gasteiger partial charge in [-0.15, -0.1) is 0 Å². The van der Waals surface area contributed by atoms with Gasteiger partial charge in [0, 0.05) is 0 Å². The van der Waals surface area contributed by atoms with E-state index in [2.05, 4.69) is 13.8 Å². The van der Waals surface area contributed by atoms with Gasteiger partial charge in [-0.25, -0.2) is 0 Å². The van der Waals surface area contributed by atoms with Crippen LogP contribution in [0, 0.1) is 189 Å². The maximum Gasteiger partial charge on any atom is -0.0312 e. The van der Waals surface area contributed by atoms with Crippen molar-refractivity contribution in [2.45, 2.75) is 78.1 Å². The van der Waals surface area contributed by atoms with E-state index in [4.69, 9.17) is 0 Å². The van der Waals surface area contributed by atoms with Crippen LogP contribution in [0.3, 0.4) is 0 Å². The number of rotatable bonds is 0. The quantitative estimate of drug-likeness (QED) is 0.249. The molecule has 0 saturated heterocycles. The van der Waals surface area contributed by atoms with Crippen LogP contribution >= 0.6 is 0 Å². The van der Waals surface area contributed by atoms with Crippen molar-refractivity contribution in [2.75, 3.05) is 0 Å². The van der Waals surface area contributed by atoms with Crippen molar-refractivity contribution >= 4 is 0 Å². The highest BCUT2D eigenvalue weighted by molar-refractivity contribution is 5.38. The molecule has 0 aromatic rings.